The van der Waals surface area contributed by atoms with Gasteiger partial charge in [0, 0.05) is 7.05 Å². The molecule has 0 aliphatic rings. The maximum absolute atomic E-state index is 13.1. The molecule has 0 unspecified atom stereocenters. The Morgan fingerprint density at radius 3 is 2.58 bits per heavy atom. The Kier molecular flexibility index (Phi) is 3.48. The molecule has 1 N–H and O–H groups in total. The van der Waals surface area contributed by atoms with Gasteiger partial charge in [-0.05, 0) is 19.1 Å². The highest BCUT2D eigenvalue weighted by atomic mass is 35.5. The standard InChI is InChI=1S/C11H9ClF2N4O/c1-5-15-11(18(2)17-5)16-10(19)6-3-8(13)9(14)4-7(6)12/h3-4H,1-2H3,(H,15,16,17,19). The Bertz CT molecular complexity index is 656. The van der Waals surface area contributed by atoms with Gasteiger partial charge in [0.15, 0.2) is 11.6 Å². The van der Waals surface area contributed by atoms with Crippen LogP contribution in [0.15, 0.2) is 12.1 Å². The average Bonchev–Trinajstić information content (AvgIpc) is 2.62. The Balaban J connectivity index is 2.30. The van der Waals surface area contributed by atoms with Gasteiger partial charge in [0.1, 0.15) is 5.82 Å². The zero-order valence-electron chi connectivity index (χ0n) is 10.0. The van der Waals surface area contributed by atoms with Crippen LogP contribution in [0.4, 0.5) is 14.7 Å². The second kappa shape index (κ2) is 4.93. The molecule has 2 aromatic rings. The van der Waals surface area contributed by atoms with Crippen LogP contribution in [0.3, 0.4) is 0 Å². The van der Waals surface area contributed by atoms with E-state index in [1.54, 1.807) is 14.0 Å². The Morgan fingerprint density at radius 1 is 1.37 bits per heavy atom. The molecule has 0 aliphatic carbocycles. The zero-order chi connectivity index (χ0) is 14.2. The minimum atomic E-state index is -1.15. The van der Waals surface area contributed by atoms with Crippen molar-refractivity contribution in [1.82, 2.24) is 14.8 Å². The Labute approximate surface area is 112 Å². The minimum absolute atomic E-state index is 0.179. The van der Waals surface area contributed by atoms with Crippen LogP contribution in [0.2, 0.25) is 5.02 Å². The highest BCUT2D eigenvalue weighted by Crippen LogP contribution is 2.21. The van der Waals surface area contributed by atoms with Crippen LogP contribution in [-0.4, -0.2) is 20.7 Å². The molecule has 0 atom stereocenters. The summed E-state index contributed by atoms with van der Waals surface area (Å²) in [7, 11) is 1.59. The van der Waals surface area contributed by atoms with E-state index in [0.29, 0.717) is 5.82 Å². The lowest BCUT2D eigenvalue weighted by Gasteiger charge is -2.06. The van der Waals surface area contributed by atoms with Crippen molar-refractivity contribution in [2.45, 2.75) is 6.92 Å². The van der Waals surface area contributed by atoms with E-state index in [1.165, 1.54) is 4.68 Å². The van der Waals surface area contributed by atoms with Gasteiger partial charge in [-0.2, -0.15) is 10.1 Å². The van der Waals surface area contributed by atoms with Crippen LogP contribution in [0.25, 0.3) is 0 Å². The summed E-state index contributed by atoms with van der Waals surface area (Å²) in [6.07, 6.45) is 0. The van der Waals surface area contributed by atoms with E-state index in [0.717, 1.165) is 12.1 Å². The number of benzene rings is 1. The molecule has 1 amide bonds. The predicted octanol–water partition coefficient (Wildman–Crippen LogP) is 2.31. The van der Waals surface area contributed by atoms with Crippen LogP contribution in [0.1, 0.15) is 16.2 Å². The van der Waals surface area contributed by atoms with E-state index in [9.17, 15) is 13.6 Å². The van der Waals surface area contributed by atoms with Crippen molar-refractivity contribution in [2.24, 2.45) is 7.05 Å². The van der Waals surface area contributed by atoms with E-state index >= 15 is 0 Å². The number of amides is 1. The van der Waals surface area contributed by atoms with Crippen molar-refractivity contribution >= 4 is 23.5 Å². The summed E-state index contributed by atoms with van der Waals surface area (Å²) < 4.78 is 27.3. The largest absolute Gasteiger partial charge is 0.291 e. The molecule has 2 rings (SSSR count). The molecule has 0 saturated heterocycles. The van der Waals surface area contributed by atoms with Crippen molar-refractivity contribution in [3.8, 4) is 0 Å². The van der Waals surface area contributed by atoms with Crippen molar-refractivity contribution < 1.29 is 13.6 Å². The molecule has 1 aromatic carbocycles. The fraction of sp³-hybridized carbons (Fsp3) is 0.182. The highest BCUT2D eigenvalue weighted by molar-refractivity contribution is 6.34. The number of anilines is 1. The second-order valence-corrected chi connectivity index (χ2v) is 4.21. The number of carbonyl (C=O) groups excluding carboxylic acids is 1. The van der Waals surface area contributed by atoms with Crippen molar-refractivity contribution in [3.63, 3.8) is 0 Å². The van der Waals surface area contributed by atoms with Gasteiger partial charge in [-0.1, -0.05) is 11.6 Å². The van der Waals surface area contributed by atoms with Crippen LogP contribution in [0.5, 0.6) is 0 Å². The lowest BCUT2D eigenvalue weighted by Crippen LogP contribution is -2.16. The topological polar surface area (TPSA) is 59.8 Å². The summed E-state index contributed by atoms with van der Waals surface area (Å²) in [5.41, 5.74) is -0.179. The fourth-order valence-electron chi connectivity index (χ4n) is 1.49. The number of aryl methyl sites for hydroxylation is 2. The fourth-order valence-corrected chi connectivity index (χ4v) is 1.72. The first kappa shape index (κ1) is 13.4. The van der Waals surface area contributed by atoms with Gasteiger partial charge in [-0.3, -0.25) is 10.1 Å². The molecular formula is C11H9ClF2N4O. The minimum Gasteiger partial charge on any atom is -0.291 e. The van der Waals surface area contributed by atoms with Gasteiger partial charge in [-0.15, -0.1) is 0 Å². The van der Waals surface area contributed by atoms with E-state index < -0.39 is 17.5 Å². The van der Waals surface area contributed by atoms with E-state index in [1.807, 2.05) is 0 Å². The number of hydrogen-bond donors (Lipinski definition) is 1. The molecular weight excluding hydrogens is 278 g/mol. The maximum Gasteiger partial charge on any atom is 0.259 e. The Hall–Kier alpha value is -2.02. The summed E-state index contributed by atoms with van der Waals surface area (Å²) in [6, 6.07) is 1.48. The van der Waals surface area contributed by atoms with Gasteiger partial charge in [0.05, 0.1) is 10.6 Å². The van der Waals surface area contributed by atoms with Gasteiger partial charge in [0.2, 0.25) is 5.95 Å². The van der Waals surface area contributed by atoms with Gasteiger partial charge in [-0.25, -0.2) is 13.5 Å². The Morgan fingerprint density at radius 2 is 2.00 bits per heavy atom. The van der Waals surface area contributed by atoms with E-state index in [-0.39, 0.29) is 16.5 Å². The first-order valence-corrected chi connectivity index (χ1v) is 5.60. The summed E-state index contributed by atoms with van der Waals surface area (Å²) in [4.78, 5) is 15.8. The van der Waals surface area contributed by atoms with Gasteiger partial charge < -0.3 is 0 Å². The second-order valence-electron chi connectivity index (χ2n) is 3.81. The summed E-state index contributed by atoms with van der Waals surface area (Å²) in [5, 5.41) is 6.16. The molecule has 0 fully saturated rings. The smallest absolute Gasteiger partial charge is 0.259 e. The molecule has 0 aliphatic heterocycles. The maximum atomic E-state index is 13.1. The molecule has 0 bridgehead atoms. The summed E-state index contributed by atoms with van der Waals surface area (Å²) >= 11 is 5.70. The van der Waals surface area contributed by atoms with Crippen LogP contribution in [0, 0.1) is 18.6 Å². The number of rotatable bonds is 2. The lowest BCUT2D eigenvalue weighted by atomic mass is 10.2. The monoisotopic (exact) mass is 286 g/mol. The van der Waals surface area contributed by atoms with Crippen LogP contribution >= 0.6 is 11.6 Å². The number of nitrogens with zero attached hydrogens (tertiary/aromatic N) is 3. The summed E-state index contributed by atoms with van der Waals surface area (Å²) in [6.45, 7) is 1.65. The molecule has 19 heavy (non-hydrogen) atoms. The number of nitrogens with one attached hydrogen (secondary N) is 1. The van der Waals surface area contributed by atoms with E-state index in [4.69, 9.17) is 11.6 Å². The van der Waals surface area contributed by atoms with Crippen LogP contribution in [-0.2, 0) is 7.05 Å². The first-order chi connectivity index (χ1) is 8.88. The van der Waals surface area contributed by atoms with Gasteiger partial charge in [0.25, 0.3) is 5.91 Å². The quantitative estimate of drug-likeness (QED) is 0.862. The molecule has 1 aromatic heterocycles. The molecule has 1 heterocycles. The molecule has 100 valence electrons. The van der Waals surface area contributed by atoms with Gasteiger partial charge >= 0.3 is 0 Å². The zero-order valence-corrected chi connectivity index (χ0v) is 10.8. The summed E-state index contributed by atoms with van der Waals surface area (Å²) in [5.74, 6) is -2.31. The SMILES string of the molecule is Cc1nc(NC(=O)c2cc(F)c(F)cc2Cl)n(C)n1. The number of aromatic nitrogens is 3. The number of halogens is 3. The van der Waals surface area contributed by atoms with Crippen molar-refractivity contribution in [3.05, 3.63) is 40.2 Å². The van der Waals surface area contributed by atoms with Crippen LogP contribution < -0.4 is 5.32 Å². The van der Waals surface area contributed by atoms with E-state index in [2.05, 4.69) is 15.4 Å². The first-order valence-electron chi connectivity index (χ1n) is 5.22. The third-order valence-corrected chi connectivity index (χ3v) is 2.66. The third-order valence-electron chi connectivity index (χ3n) is 2.35. The number of hydrogen-bond acceptors (Lipinski definition) is 3. The highest BCUT2D eigenvalue weighted by Gasteiger charge is 2.17. The molecule has 5 nitrogen and oxygen atoms in total. The normalized spacial score (nSPS) is 10.6. The molecule has 0 spiro atoms. The molecule has 0 radical (unpaired) electrons. The molecule has 0 saturated carbocycles. The average molecular weight is 287 g/mol. The third kappa shape index (κ3) is 2.70. The predicted molar refractivity (Wildman–Crippen MR) is 65.1 cm³/mol. The van der Waals surface area contributed by atoms with Crippen molar-refractivity contribution in [1.29, 1.82) is 0 Å². The lowest BCUT2D eigenvalue weighted by molar-refractivity contribution is 0.102. The van der Waals surface area contributed by atoms with Crippen molar-refractivity contribution in [2.75, 3.05) is 5.32 Å². The molecule has 8 heteroatoms. The number of carbonyl (C=O) groups is 1.